The van der Waals surface area contributed by atoms with Crippen LogP contribution in [0.25, 0.3) is 0 Å². The molecule has 0 radical (unpaired) electrons. The van der Waals surface area contributed by atoms with Crippen molar-refractivity contribution in [1.82, 2.24) is 14.8 Å². The summed E-state index contributed by atoms with van der Waals surface area (Å²) >= 11 is 0. The van der Waals surface area contributed by atoms with Gasteiger partial charge in [0.2, 0.25) is 5.91 Å². The van der Waals surface area contributed by atoms with Crippen LogP contribution in [0.2, 0.25) is 0 Å². The van der Waals surface area contributed by atoms with Crippen molar-refractivity contribution < 1.29 is 14.7 Å². The van der Waals surface area contributed by atoms with Gasteiger partial charge in [-0.15, -0.1) is 0 Å². The maximum atomic E-state index is 12.7. The first kappa shape index (κ1) is 20.1. The number of carboxylic acids is 1. The quantitative estimate of drug-likeness (QED) is 0.758. The van der Waals surface area contributed by atoms with Crippen molar-refractivity contribution in [3.05, 3.63) is 41.7 Å². The molecule has 6 heteroatoms. The molecule has 2 heterocycles. The lowest BCUT2D eigenvalue weighted by Crippen LogP contribution is -2.51. The number of nitrogens with zero attached hydrogens (tertiary/aromatic N) is 3. The SMILES string of the molecule is CC(C)=CC[C@@]1(C(=O)O)CCCN(C(=O)CN(C)Cc2ccccn2)C1. The normalized spacial score (nSPS) is 20.1. The molecular formula is C20H29N3O3. The minimum Gasteiger partial charge on any atom is -0.481 e. The number of pyridine rings is 1. The molecule has 1 aliphatic rings. The van der Waals surface area contributed by atoms with Gasteiger partial charge in [0.15, 0.2) is 0 Å². The fourth-order valence-electron chi connectivity index (χ4n) is 3.33. The average molecular weight is 359 g/mol. The van der Waals surface area contributed by atoms with E-state index < -0.39 is 11.4 Å². The number of allylic oxidation sites excluding steroid dienone is 2. The number of likely N-dealkylation sites (N-methyl/N-ethyl adjacent to an activating group) is 1. The molecule has 0 saturated carbocycles. The van der Waals surface area contributed by atoms with Gasteiger partial charge < -0.3 is 10.0 Å². The van der Waals surface area contributed by atoms with Crippen molar-refractivity contribution in [3.63, 3.8) is 0 Å². The average Bonchev–Trinajstić information content (AvgIpc) is 2.60. The number of amides is 1. The monoisotopic (exact) mass is 359 g/mol. The van der Waals surface area contributed by atoms with Crippen molar-refractivity contribution >= 4 is 11.9 Å². The number of rotatable bonds is 7. The molecule has 2 rings (SSSR count). The van der Waals surface area contributed by atoms with Crippen molar-refractivity contribution in [3.8, 4) is 0 Å². The standard InChI is InChI=1S/C20H29N3O3/c1-16(2)8-10-20(19(25)26)9-6-12-23(15-20)18(24)14-22(3)13-17-7-4-5-11-21-17/h4-5,7-8,11H,6,9-10,12-15H2,1-3H3,(H,25,26)/t20-/m0/s1. The zero-order chi connectivity index (χ0) is 19.2. The van der Waals surface area contributed by atoms with E-state index in [1.165, 1.54) is 0 Å². The highest BCUT2D eigenvalue weighted by atomic mass is 16.4. The molecule has 1 aromatic heterocycles. The molecule has 1 fully saturated rings. The molecule has 1 saturated heterocycles. The molecule has 1 aromatic rings. The van der Waals surface area contributed by atoms with Crippen LogP contribution in [0.1, 0.15) is 38.8 Å². The molecule has 142 valence electrons. The van der Waals surface area contributed by atoms with E-state index >= 15 is 0 Å². The van der Waals surface area contributed by atoms with Gasteiger partial charge in [-0.05, 0) is 52.3 Å². The minimum absolute atomic E-state index is 0.0223. The third-order valence-corrected chi connectivity index (χ3v) is 4.85. The van der Waals surface area contributed by atoms with E-state index in [9.17, 15) is 14.7 Å². The summed E-state index contributed by atoms with van der Waals surface area (Å²) in [5, 5.41) is 9.79. The van der Waals surface area contributed by atoms with Crippen LogP contribution in [0.4, 0.5) is 0 Å². The second-order valence-corrected chi connectivity index (χ2v) is 7.48. The van der Waals surface area contributed by atoms with Gasteiger partial charge in [0.25, 0.3) is 0 Å². The summed E-state index contributed by atoms with van der Waals surface area (Å²) in [5.41, 5.74) is 1.14. The van der Waals surface area contributed by atoms with E-state index in [-0.39, 0.29) is 19.0 Å². The van der Waals surface area contributed by atoms with Crippen LogP contribution < -0.4 is 0 Å². The lowest BCUT2D eigenvalue weighted by molar-refractivity contribution is -0.154. The molecule has 1 N–H and O–H groups in total. The van der Waals surface area contributed by atoms with Gasteiger partial charge >= 0.3 is 5.97 Å². The fourth-order valence-corrected chi connectivity index (χ4v) is 3.33. The first-order chi connectivity index (χ1) is 12.3. The number of carbonyl (C=O) groups is 2. The summed E-state index contributed by atoms with van der Waals surface area (Å²) in [6, 6.07) is 5.71. The lowest BCUT2D eigenvalue weighted by atomic mass is 9.76. The Hall–Kier alpha value is -2.21. The highest BCUT2D eigenvalue weighted by molar-refractivity contribution is 5.81. The van der Waals surface area contributed by atoms with Gasteiger partial charge in [-0.3, -0.25) is 19.5 Å². The number of carboxylic acid groups (broad SMARTS) is 1. The summed E-state index contributed by atoms with van der Waals surface area (Å²) in [7, 11) is 1.88. The van der Waals surface area contributed by atoms with E-state index in [0.717, 1.165) is 17.7 Å². The molecule has 0 bridgehead atoms. The summed E-state index contributed by atoms with van der Waals surface area (Å²) in [5.74, 6) is -0.833. The first-order valence-corrected chi connectivity index (χ1v) is 9.05. The molecule has 6 nitrogen and oxygen atoms in total. The summed E-state index contributed by atoms with van der Waals surface area (Å²) in [6.45, 7) is 5.68. The minimum atomic E-state index is -0.870. The van der Waals surface area contributed by atoms with Crippen LogP contribution >= 0.6 is 0 Å². The van der Waals surface area contributed by atoms with Crippen LogP contribution in [0.5, 0.6) is 0 Å². The number of hydrogen-bond donors (Lipinski definition) is 1. The van der Waals surface area contributed by atoms with E-state index in [1.807, 2.05) is 50.1 Å². The lowest BCUT2D eigenvalue weighted by Gasteiger charge is -2.40. The number of hydrogen-bond acceptors (Lipinski definition) is 4. The first-order valence-electron chi connectivity index (χ1n) is 9.05. The van der Waals surface area contributed by atoms with Gasteiger partial charge in [0.05, 0.1) is 17.7 Å². The molecule has 1 atom stereocenters. The van der Waals surface area contributed by atoms with Gasteiger partial charge in [0.1, 0.15) is 0 Å². The molecule has 0 spiro atoms. The maximum absolute atomic E-state index is 12.7. The third-order valence-electron chi connectivity index (χ3n) is 4.85. The van der Waals surface area contributed by atoms with E-state index in [0.29, 0.717) is 25.9 Å². The molecule has 0 aliphatic carbocycles. The van der Waals surface area contributed by atoms with Gasteiger partial charge in [-0.25, -0.2) is 0 Å². The molecule has 0 aromatic carbocycles. The van der Waals surface area contributed by atoms with Crippen LogP contribution in [0.15, 0.2) is 36.0 Å². The number of piperidine rings is 1. The van der Waals surface area contributed by atoms with Crippen molar-refractivity contribution in [1.29, 1.82) is 0 Å². The van der Waals surface area contributed by atoms with Gasteiger partial charge in [-0.1, -0.05) is 17.7 Å². The van der Waals surface area contributed by atoms with E-state index in [2.05, 4.69) is 4.98 Å². The Morgan fingerprint density at radius 1 is 1.38 bits per heavy atom. The molecule has 0 unspecified atom stereocenters. The number of likely N-dealkylation sites (tertiary alicyclic amines) is 1. The topological polar surface area (TPSA) is 73.7 Å². The smallest absolute Gasteiger partial charge is 0.311 e. The largest absolute Gasteiger partial charge is 0.481 e. The zero-order valence-corrected chi connectivity index (χ0v) is 15.9. The Morgan fingerprint density at radius 3 is 2.77 bits per heavy atom. The van der Waals surface area contributed by atoms with E-state index in [1.54, 1.807) is 11.1 Å². The highest BCUT2D eigenvalue weighted by Gasteiger charge is 2.42. The highest BCUT2D eigenvalue weighted by Crippen LogP contribution is 2.35. The van der Waals surface area contributed by atoms with Crippen LogP contribution in [0.3, 0.4) is 0 Å². The number of carbonyl (C=O) groups excluding carboxylic acids is 1. The zero-order valence-electron chi connectivity index (χ0n) is 15.9. The maximum Gasteiger partial charge on any atom is 0.311 e. The Balaban J connectivity index is 1.99. The van der Waals surface area contributed by atoms with Gasteiger partial charge in [-0.2, -0.15) is 0 Å². The molecule has 1 aliphatic heterocycles. The second kappa shape index (κ2) is 8.94. The van der Waals surface area contributed by atoms with Gasteiger partial charge in [0, 0.05) is 25.8 Å². The Bertz CT molecular complexity index is 656. The molecule has 26 heavy (non-hydrogen) atoms. The van der Waals surface area contributed by atoms with Crippen molar-refractivity contribution in [2.24, 2.45) is 5.41 Å². The Labute approximate surface area is 155 Å². The third kappa shape index (κ3) is 5.39. The predicted octanol–water partition coefficient (Wildman–Crippen LogP) is 2.56. The summed E-state index contributed by atoms with van der Waals surface area (Å²) in [4.78, 5) is 32.5. The Morgan fingerprint density at radius 2 is 2.15 bits per heavy atom. The number of aliphatic carboxylic acids is 1. The predicted molar refractivity (Wildman–Crippen MR) is 101 cm³/mol. The van der Waals surface area contributed by atoms with Crippen LogP contribution in [-0.4, -0.2) is 58.4 Å². The summed E-state index contributed by atoms with van der Waals surface area (Å²) < 4.78 is 0. The van der Waals surface area contributed by atoms with Crippen LogP contribution in [-0.2, 0) is 16.1 Å². The van der Waals surface area contributed by atoms with Crippen molar-refractivity contribution in [2.75, 3.05) is 26.7 Å². The second-order valence-electron chi connectivity index (χ2n) is 7.48. The van der Waals surface area contributed by atoms with E-state index in [4.69, 9.17) is 0 Å². The molecular weight excluding hydrogens is 330 g/mol. The van der Waals surface area contributed by atoms with Crippen LogP contribution in [0, 0.1) is 5.41 Å². The molecule has 1 amide bonds. The van der Waals surface area contributed by atoms with Crippen molar-refractivity contribution in [2.45, 2.75) is 39.7 Å². The number of aromatic nitrogens is 1. The fraction of sp³-hybridized carbons (Fsp3) is 0.550. The Kier molecular flexibility index (Phi) is 6.91. The summed E-state index contributed by atoms with van der Waals surface area (Å²) in [6.07, 6.45) is 5.51.